The molecular formula is C5H11Cl3NPS. The van der Waals surface area contributed by atoms with Gasteiger partial charge in [-0.2, -0.15) is 0 Å². The highest BCUT2D eigenvalue weighted by molar-refractivity contribution is 8.25. The monoisotopic (exact) mass is 253 g/mol. The lowest BCUT2D eigenvalue weighted by atomic mass is 10.6. The van der Waals surface area contributed by atoms with Gasteiger partial charge in [0.2, 0.25) is 0 Å². The Bertz CT molecular complexity index is 143. The summed E-state index contributed by atoms with van der Waals surface area (Å²) in [5, 5.41) is 0. The molecule has 1 unspecified atom stereocenters. The van der Waals surface area contributed by atoms with Crippen LogP contribution in [-0.4, -0.2) is 36.2 Å². The average Bonchev–Trinajstić information content (AvgIpc) is 1.85. The highest BCUT2D eigenvalue weighted by atomic mass is 35.7. The van der Waals surface area contributed by atoms with Crippen LogP contribution in [0, 0.1) is 0 Å². The molecule has 0 aliphatic carbocycles. The van der Waals surface area contributed by atoms with E-state index in [2.05, 4.69) is 0 Å². The molecule has 0 bridgehead atoms. The molecular weight excluding hydrogens is 243 g/mol. The Morgan fingerprint density at radius 2 is 1.64 bits per heavy atom. The minimum absolute atomic E-state index is 0.551. The zero-order chi connectivity index (χ0) is 8.91. The van der Waals surface area contributed by atoms with Gasteiger partial charge in [-0.1, -0.05) is 23.0 Å². The van der Waals surface area contributed by atoms with E-state index < -0.39 is 5.54 Å². The highest BCUT2D eigenvalue weighted by Crippen LogP contribution is 2.50. The second-order valence-electron chi connectivity index (χ2n) is 2.11. The van der Waals surface area contributed by atoms with Crippen molar-refractivity contribution in [3.05, 3.63) is 0 Å². The van der Waals surface area contributed by atoms with E-state index in [4.69, 9.17) is 46.2 Å². The summed E-state index contributed by atoms with van der Waals surface area (Å²) in [7, 11) is 0. The molecule has 6 heteroatoms. The molecule has 0 heterocycles. The minimum atomic E-state index is -1.84. The van der Waals surface area contributed by atoms with Crippen molar-refractivity contribution in [2.24, 2.45) is 0 Å². The van der Waals surface area contributed by atoms with Gasteiger partial charge in [0.15, 0.2) is 0 Å². The maximum Gasteiger partial charge on any atom is 0.0958 e. The maximum atomic E-state index is 5.99. The summed E-state index contributed by atoms with van der Waals surface area (Å²) in [6, 6.07) is 0. The molecule has 0 aromatic rings. The Hall–Kier alpha value is 1.48. The molecule has 0 N–H and O–H groups in total. The number of nitrogens with zero attached hydrogens (tertiary/aromatic N) is 1. The van der Waals surface area contributed by atoms with Crippen molar-refractivity contribution in [2.75, 3.05) is 31.5 Å². The average molecular weight is 255 g/mol. The van der Waals surface area contributed by atoms with Crippen molar-refractivity contribution in [2.45, 2.75) is 0 Å². The molecule has 0 aliphatic heterocycles. The van der Waals surface area contributed by atoms with E-state index in [1.54, 1.807) is 0 Å². The van der Waals surface area contributed by atoms with Crippen LogP contribution in [0.4, 0.5) is 0 Å². The van der Waals surface area contributed by atoms with E-state index in [0.717, 1.165) is 13.1 Å². The smallest absolute Gasteiger partial charge is 0.0958 e. The number of halogens is 3. The van der Waals surface area contributed by atoms with Crippen LogP contribution in [0.1, 0.15) is 0 Å². The standard InChI is InChI=1S/C5H11Cl3NPS/c1-10(8,11)9(4-2-6)5-3-7/h2-5H2,1H3. The summed E-state index contributed by atoms with van der Waals surface area (Å²) in [4.78, 5) is 0. The number of alkyl halides is 2. The molecule has 0 radical (unpaired) electrons. The molecule has 1 nitrogen and oxygen atoms in total. The molecule has 0 aromatic heterocycles. The Morgan fingerprint density at radius 3 is 1.82 bits per heavy atom. The molecule has 0 amide bonds. The molecule has 68 valence electrons. The predicted octanol–water partition coefficient (Wildman–Crippen LogP) is 2.94. The fourth-order valence-corrected chi connectivity index (χ4v) is 3.17. The maximum absolute atomic E-state index is 5.99. The number of hydrogen-bond acceptors (Lipinski definition) is 1. The van der Waals surface area contributed by atoms with Crippen molar-refractivity contribution in [3.8, 4) is 0 Å². The summed E-state index contributed by atoms with van der Waals surface area (Å²) in [6.45, 7) is 3.32. The lowest BCUT2D eigenvalue weighted by molar-refractivity contribution is 0.519. The third-order valence-corrected chi connectivity index (χ3v) is 4.27. The molecule has 0 spiro atoms. The van der Waals surface area contributed by atoms with Gasteiger partial charge in [0.05, 0.1) is 5.54 Å². The van der Waals surface area contributed by atoms with Crippen LogP contribution in [0.2, 0.25) is 0 Å². The van der Waals surface area contributed by atoms with Gasteiger partial charge in [-0.05, 0) is 6.66 Å². The second kappa shape index (κ2) is 6.01. The van der Waals surface area contributed by atoms with Gasteiger partial charge >= 0.3 is 0 Å². The third-order valence-electron chi connectivity index (χ3n) is 1.19. The molecule has 0 aromatic carbocycles. The Balaban J connectivity index is 3.99. The molecule has 0 saturated carbocycles. The second-order valence-corrected chi connectivity index (χ2v) is 9.70. The van der Waals surface area contributed by atoms with E-state index in [-0.39, 0.29) is 0 Å². The van der Waals surface area contributed by atoms with E-state index in [9.17, 15) is 0 Å². The van der Waals surface area contributed by atoms with Crippen LogP contribution in [0.25, 0.3) is 0 Å². The normalized spacial score (nSPS) is 16.8. The van der Waals surface area contributed by atoms with Gasteiger partial charge in [-0.25, -0.2) is 0 Å². The van der Waals surface area contributed by atoms with Crippen molar-refractivity contribution < 1.29 is 0 Å². The first-order chi connectivity index (χ1) is 5.02. The van der Waals surface area contributed by atoms with E-state index in [1.807, 2.05) is 11.3 Å². The summed E-state index contributed by atoms with van der Waals surface area (Å²) in [5.41, 5.74) is -1.84. The summed E-state index contributed by atoms with van der Waals surface area (Å²) >= 11 is 22.2. The largest absolute Gasteiger partial charge is 0.261 e. The first-order valence-electron chi connectivity index (χ1n) is 3.17. The minimum Gasteiger partial charge on any atom is -0.261 e. The molecule has 0 aliphatic rings. The summed E-state index contributed by atoms with van der Waals surface area (Å²) in [5.74, 6) is 1.10. The van der Waals surface area contributed by atoms with Crippen LogP contribution >= 0.6 is 40.0 Å². The van der Waals surface area contributed by atoms with Crippen LogP contribution in [0.3, 0.4) is 0 Å². The highest BCUT2D eigenvalue weighted by Gasteiger charge is 2.15. The van der Waals surface area contributed by atoms with Crippen molar-refractivity contribution in [3.63, 3.8) is 0 Å². The van der Waals surface area contributed by atoms with Crippen LogP contribution in [-0.2, 0) is 11.8 Å². The Morgan fingerprint density at radius 1 is 1.27 bits per heavy atom. The summed E-state index contributed by atoms with van der Waals surface area (Å²) in [6.07, 6.45) is 0. The first kappa shape index (κ1) is 12.5. The Kier molecular flexibility index (Phi) is 6.82. The summed E-state index contributed by atoms with van der Waals surface area (Å²) < 4.78 is 1.98. The van der Waals surface area contributed by atoms with Gasteiger partial charge in [-0.3, -0.25) is 4.67 Å². The third kappa shape index (κ3) is 5.68. The predicted molar refractivity (Wildman–Crippen MR) is 59.1 cm³/mol. The molecule has 0 fully saturated rings. The lowest BCUT2D eigenvalue weighted by Gasteiger charge is -2.25. The van der Waals surface area contributed by atoms with Crippen LogP contribution in [0.5, 0.6) is 0 Å². The quantitative estimate of drug-likeness (QED) is 0.548. The van der Waals surface area contributed by atoms with Gasteiger partial charge in [-0.15, -0.1) is 23.2 Å². The van der Waals surface area contributed by atoms with Crippen molar-refractivity contribution >= 4 is 51.8 Å². The van der Waals surface area contributed by atoms with E-state index in [0.29, 0.717) is 11.8 Å². The van der Waals surface area contributed by atoms with Crippen LogP contribution in [0.15, 0.2) is 0 Å². The molecule has 11 heavy (non-hydrogen) atoms. The van der Waals surface area contributed by atoms with Crippen molar-refractivity contribution in [1.29, 1.82) is 0 Å². The van der Waals surface area contributed by atoms with Crippen LogP contribution < -0.4 is 0 Å². The van der Waals surface area contributed by atoms with E-state index in [1.165, 1.54) is 0 Å². The SMILES string of the molecule is CP(=S)(Cl)N(CCCl)CCCl. The number of rotatable bonds is 5. The lowest BCUT2D eigenvalue weighted by Crippen LogP contribution is -2.22. The fourth-order valence-electron chi connectivity index (χ4n) is 0.664. The Labute approximate surface area is 87.8 Å². The molecule has 0 saturated heterocycles. The fraction of sp³-hybridized carbons (Fsp3) is 1.00. The van der Waals surface area contributed by atoms with Gasteiger partial charge < -0.3 is 0 Å². The molecule has 1 atom stereocenters. The van der Waals surface area contributed by atoms with Gasteiger partial charge in [0.25, 0.3) is 0 Å². The van der Waals surface area contributed by atoms with E-state index >= 15 is 0 Å². The number of hydrogen-bond donors (Lipinski definition) is 0. The van der Waals surface area contributed by atoms with Gasteiger partial charge in [0, 0.05) is 24.8 Å². The van der Waals surface area contributed by atoms with Crippen molar-refractivity contribution in [1.82, 2.24) is 4.67 Å². The van der Waals surface area contributed by atoms with Gasteiger partial charge in [0.1, 0.15) is 0 Å². The zero-order valence-corrected chi connectivity index (χ0v) is 10.2. The molecule has 0 rings (SSSR count). The zero-order valence-electron chi connectivity index (χ0n) is 6.26. The topological polar surface area (TPSA) is 3.24 Å². The first-order valence-corrected chi connectivity index (χ1v) is 8.34.